The zero-order valence-electron chi connectivity index (χ0n) is 16.6. The van der Waals surface area contributed by atoms with Gasteiger partial charge in [0.15, 0.2) is 0 Å². The Balaban J connectivity index is 1.67. The average Bonchev–Trinajstić information content (AvgIpc) is 3.10. The molecule has 1 saturated heterocycles. The van der Waals surface area contributed by atoms with Crippen LogP contribution in [0.5, 0.6) is 0 Å². The molecule has 1 fully saturated rings. The number of aliphatic imine (C=N–C) groups is 1. The van der Waals surface area contributed by atoms with Crippen LogP contribution in [0.25, 0.3) is 11.6 Å². The number of nitrogen functional groups attached to an aromatic ring is 1. The number of hydrogen-bond acceptors (Lipinski definition) is 5. The molecular weight excluding hydrogens is 364 g/mol. The summed E-state index contributed by atoms with van der Waals surface area (Å²) in [5.74, 6) is -0.243. The predicted octanol–water partition coefficient (Wildman–Crippen LogP) is 2.38. The third-order valence-corrected chi connectivity index (χ3v) is 4.99. The molecule has 2 heterocycles. The Morgan fingerprint density at radius 1 is 1.24 bits per heavy atom. The molecule has 3 rings (SSSR count). The van der Waals surface area contributed by atoms with E-state index >= 15 is 0 Å². The normalized spacial score (nSPS) is 16.0. The maximum Gasteiger partial charge on any atom is 0.248 e. The zero-order chi connectivity index (χ0) is 20.6. The highest BCUT2D eigenvalue weighted by Crippen LogP contribution is 2.19. The van der Waals surface area contributed by atoms with Crippen LogP contribution in [0, 0.1) is 0 Å². The molecule has 0 atom stereocenters. The van der Waals surface area contributed by atoms with E-state index in [9.17, 15) is 4.79 Å². The molecule has 2 aromatic rings. The summed E-state index contributed by atoms with van der Waals surface area (Å²) < 4.78 is 1.98. The van der Waals surface area contributed by atoms with Crippen LogP contribution in [0.3, 0.4) is 0 Å². The number of anilines is 2. The van der Waals surface area contributed by atoms with Gasteiger partial charge < -0.3 is 26.7 Å². The first-order chi connectivity index (χ1) is 14.1. The molecule has 29 heavy (non-hydrogen) atoms. The molecule has 0 saturated carbocycles. The molecule has 0 radical (unpaired) electrons. The average molecular weight is 393 g/mol. The highest BCUT2D eigenvalue weighted by molar-refractivity contribution is 6.09. The fourth-order valence-corrected chi connectivity index (χ4v) is 3.27. The number of para-hydroxylation sites is 2. The summed E-state index contributed by atoms with van der Waals surface area (Å²) in [7, 11) is 1.93. The van der Waals surface area contributed by atoms with Gasteiger partial charge in [-0.05, 0) is 56.3 Å². The Morgan fingerprint density at radius 3 is 2.72 bits per heavy atom. The van der Waals surface area contributed by atoms with Crippen molar-refractivity contribution in [3.8, 4) is 0 Å². The molecule has 1 aromatic carbocycles. The van der Waals surface area contributed by atoms with E-state index in [4.69, 9.17) is 11.5 Å². The summed E-state index contributed by atoms with van der Waals surface area (Å²) in [5.41, 5.74) is 15.5. The van der Waals surface area contributed by atoms with Crippen molar-refractivity contribution in [2.75, 3.05) is 24.1 Å². The van der Waals surface area contributed by atoms with Crippen LogP contribution in [-0.4, -0.2) is 35.8 Å². The molecular formula is C22H28N6O. The largest absolute Gasteiger partial charge is 0.404 e. The van der Waals surface area contributed by atoms with E-state index in [1.54, 1.807) is 24.4 Å². The van der Waals surface area contributed by atoms with Gasteiger partial charge in [0.25, 0.3) is 0 Å². The number of nitrogens with zero attached hydrogens (tertiary/aromatic N) is 2. The van der Waals surface area contributed by atoms with E-state index in [0.717, 1.165) is 42.9 Å². The van der Waals surface area contributed by atoms with Crippen molar-refractivity contribution in [3.63, 3.8) is 0 Å². The van der Waals surface area contributed by atoms with E-state index in [0.29, 0.717) is 17.4 Å². The van der Waals surface area contributed by atoms with Crippen molar-refractivity contribution in [2.24, 2.45) is 17.8 Å². The van der Waals surface area contributed by atoms with Gasteiger partial charge in [-0.3, -0.25) is 9.79 Å². The fraction of sp³-hybridized carbons (Fsp3) is 0.273. The van der Waals surface area contributed by atoms with E-state index in [1.165, 1.54) is 6.08 Å². The highest BCUT2D eigenvalue weighted by atomic mass is 16.1. The van der Waals surface area contributed by atoms with Crippen molar-refractivity contribution in [2.45, 2.75) is 18.9 Å². The minimum atomic E-state index is -0.243. The molecule has 0 spiro atoms. The topological polar surface area (TPSA) is 110 Å². The number of rotatable bonds is 6. The summed E-state index contributed by atoms with van der Waals surface area (Å²) in [6.07, 6.45) is 8.74. The van der Waals surface area contributed by atoms with Crippen molar-refractivity contribution in [1.29, 1.82) is 0 Å². The zero-order valence-corrected chi connectivity index (χ0v) is 16.6. The molecule has 0 aliphatic carbocycles. The van der Waals surface area contributed by atoms with Gasteiger partial charge in [-0.25, -0.2) is 0 Å². The minimum Gasteiger partial charge on any atom is -0.404 e. The van der Waals surface area contributed by atoms with Gasteiger partial charge in [0, 0.05) is 36.8 Å². The van der Waals surface area contributed by atoms with E-state index in [2.05, 4.69) is 15.6 Å². The molecule has 1 amide bonds. The van der Waals surface area contributed by atoms with Crippen molar-refractivity contribution >= 4 is 35.1 Å². The number of piperidine rings is 1. The Morgan fingerprint density at radius 2 is 2.00 bits per heavy atom. The number of aromatic nitrogens is 1. The monoisotopic (exact) mass is 392 g/mol. The molecule has 7 heteroatoms. The second-order valence-electron chi connectivity index (χ2n) is 6.99. The second-order valence-corrected chi connectivity index (χ2v) is 6.99. The first-order valence-electron chi connectivity index (χ1n) is 9.74. The number of allylic oxidation sites excluding steroid dienone is 1. The van der Waals surface area contributed by atoms with Gasteiger partial charge in [0.1, 0.15) is 0 Å². The summed E-state index contributed by atoms with van der Waals surface area (Å²) in [6, 6.07) is 11.4. The van der Waals surface area contributed by atoms with Gasteiger partial charge >= 0.3 is 0 Å². The first kappa shape index (κ1) is 20.4. The van der Waals surface area contributed by atoms with Crippen LogP contribution in [0.1, 0.15) is 24.2 Å². The SMILES string of the molecule is Cn1c(/C=C/C(=O)Nc2ccccc2N)ccc1C(C=NC1CCNCC1)=CN. The summed E-state index contributed by atoms with van der Waals surface area (Å²) in [4.78, 5) is 16.9. The fourth-order valence-electron chi connectivity index (χ4n) is 3.27. The molecule has 1 aliphatic heterocycles. The van der Waals surface area contributed by atoms with Crippen LogP contribution >= 0.6 is 0 Å². The van der Waals surface area contributed by atoms with Gasteiger partial charge in [0.05, 0.1) is 23.1 Å². The van der Waals surface area contributed by atoms with E-state index < -0.39 is 0 Å². The third-order valence-electron chi connectivity index (χ3n) is 4.99. The van der Waals surface area contributed by atoms with E-state index in [-0.39, 0.29) is 5.91 Å². The van der Waals surface area contributed by atoms with Crippen molar-refractivity contribution in [3.05, 3.63) is 60.1 Å². The Bertz CT molecular complexity index is 935. The lowest BCUT2D eigenvalue weighted by atomic mass is 10.1. The second kappa shape index (κ2) is 9.75. The maximum atomic E-state index is 12.2. The maximum absolute atomic E-state index is 12.2. The lowest BCUT2D eigenvalue weighted by Crippen LogP contribution is -2.29. The van der Waals surface area contributed by atoms with Gasteiger partial charge in [-0.2, -0.15) is 0 Å². The van der Waals surface area contributed by atoms with Crippen LogP contribution in [-0.2, 0) is 11.8 Å². The van der Waals surface area contributed by atoms with Crippen LogP contribution in [0.15, 0.2) is 53.7 Å². The first-order valence-corrected chi connectivity index (χ1v) is 9.74. The Hall–Kier alpha value is -3.32. The van der Waals surface area contributed by atoms with Crippen molar-refractivity contribution in [1.82, 2.24) is 9.88 Å². The van der Waals surface area contributed by atoms with Crippen LogP contribution in [0.2, 0.25) is 0 Å². The number of carbonyl (C=O) groups is 1. The molecule has 0 unspecified atom stereocenters. The standard InChI is InChI=1S/C22H28N6O/c1-28-18(7-9-22(29)27-20-5-3-2-4-19(20)24)6-8-21(28)16(14-23)15-26-17-10-12-25-13-11-17/h2-9,14-15,17,25H,10-13,23-24H2,1H3,(H,27,29)/b9-7+,16-14?,26-15?. The van der Waals surface area contributed by atoms with Crippen LogP contribution in [0.4, 0.5) is 11.4 Å². The number of nitrogens with two attached hydrogens (primary N) is 2. The quantitative estimate of drug-likeness (QED) is 0.344. The lowest BCUT2D eigenvalue weighted by molar-refractivity contribution is -0.111. The van der Waals surface area contributed by atoms with Gasteiger partial charge in [0.2, 0.25) is 5.91 Å². The predicted molar refractivity (Wildman–Crippen MR) is 120 cm³/mol. The van der Waals surface area contributed by atoms with Crippen molar-refractivity contribution < 1.29 is 4.79 Å². The summed E-state index contributed by atoms with van der Waals surface area (Å²) in [5, 5.41) is 6.12. The van der Waals surface area contributed by atoms with Gasteiger partial charge in [-0.15, -0.1) is 0 Å². The molecule has 0 bridgehead atoms. The number of carbonyl (C=O) groups excluding carboxylic acids is 1. The van der Waals surface area contributed by atoms with E-state index in [1.807, 2.05) is 42.1 Å². The summed E-state index contributed by atoms with van der Waals surface area (Å²) in [6.45, 7) is 2.00. The molecule has 152 valence electrons. The number of benzene rings is 1. The lowest BCUT2D eigenvalue weighted by Gasteiger charge is -2.18. The number of nitrogens with one attached hydrogen (secondary N) is 2. The highest BCUT2D eigenvalue weighted by Gasteiger charge is 2.12. The Kier molecular flexibility index (Phi) is 6.86. The smallest absolute Gasteiger partial charge is 0.248 e. The Labute approximate surface area is 171 Å². The minimum absolute atomic E-state index is 0.243. The molecule has 1 aliphatic rings. The van der Waals surface area contributed by atoms with Crippen LogP contribution < -0.4 is 22.1 Å². The van der Waals surface area contributed by atoms with Gasteiger partial charge in [-0.1, -0.05) is 12.1 Å². The third kappa shape index (κ3) is 5.36. The number of hydrogen-bond donors (Lipinski definition) is 4. The molecule has 7 nitrogen and oxygen atoms in total. The number of amides is 1. The molecule has 6 N–H and O–H groups in total. The summed E-state index contributed by atoms with van der Waals surface area (Å²) >= 11 is 0. The molecule has 1 aromatic heterocycles.